The Labute approximate surface area is 598 Å². The van der Waals surface area contributed by atoms with Gasteiger partial charge in [-0.2, -0.15) is 0 Å². The van der Waals surface area contributed by atoms with E-state index in [0.717, 1.165) is 128 Å². The monoisotopic (exact) mass is 1310 g/mol. The number of aromatic nitrogens is 3. The zero-order chi connectivity index (χ0) is 67.9. The molecule has 478 valence electrons. The first-order valence-electron chi connectivity index (χ1n) is 35.3. The summed E-state index contributed by atoms with van der Waals surface area (Å²) in [4.78, 5) is 22.5. The fourth-order valence-corrected chi connectivity index (χ4v) is 16.0. The van der Waals surface area contributed by atoms with Gasteiger partial charge in [0.1, 0.15) is 0 Å². The molecule has 0 saturated heterocycles. The summed E-state index contributed by atoms with van der Waals surface area (Å²) < 4.78 is 0. The number of anilines is 6. The Hall–Kier alpha value is -13.5. The molecule has 18 aromatic rings. The molecule has 0 amide bonds. The van der Waals surface area contributed by atoms with Gasteiger partial charge in [0.15, 0.2) is 17.5 Å². The highest BCUT2D eigenvalue weighted by molar-refractivity contribution is 7.00. The van der Waals surface area contributed by atoms with Crippen LogP contribution in [0.5, 0.6) is 0 Å². The van der Waals surface area contributed by atoms with Gasteiger partial charge in [-0.1, -0.05) is 291 Å². The van der Waals surface area contributed by atoms with Crippen molar-refractivity contribution in [1.82, 2.24) is 15.0 Å². The quantitative estimate of drug-likeness (QED) is 0.0954. The number of hydrogen-bond acceptors (Lipinski definition) is 5. The molecular formula is C97H62BN5. The smallest absolute Gasteiger partial charge is 0.252 e. The molecule has 0 bridgehead atoms. The highest BCUT2D eigenvalue weighted by Gasteiger charge is 2.45. The standard InChI is InChI=1S/C97H62BN5/c1-7-23-63(24-8-1)69-43-47-82(48-44-69)102-90-57-73-41-39-71-35-19-21-37-84(71)86(73)61-88(90)98-89-62-87-74(42-40-72-36-20-22-38-85(72)87)58-91(89)103(83-49-45-70(46-50-83)64-25-9-2-10-26-64)93-60-81(59-92(102)94(93)98)97-100-95(79-53-75(65-27-11-3-12-28-65)51-76(54-79)66-29-13-4-14-30-66)99-96(101-97)80-55-77(67-31-15-5-16-32-67)52-78(56-80)68-33-17-6-18-34-68/h1-62H. The van der Waals surface area contributed by atoms with Crippen LogP contribution in [-0.4, -0.2) is 21.7 Å². The van der Waals surface area contributed by atoms with Crippen molar-refractivity contribution in [2.75, 3.05) is 9.80 Å². The maximum absolute atomic E-state index is 5.85. The molecule has 0 saturated carbocycles. The van der Waals surface area contributed by atoms with E-state index in [-0.39, 0.29) is 6.71 Å². The summed E-state index contributed by atoms with van der Waals surface area (Å²) in [6, 6.07) is 137. The summed E-state index contributed by atoms with van der Waals surface area (Å²) in [5.74, 6) is 1.65. The highest BCUT2D eigenvalue weighted by Crippen LogP contribution is 2.49. The second-order valence-electron chi connectivity index (χ2n) is 27.1. The highest BCUT2D eigenvalue weighted by atomic mass is 15.2. The van der Waals surface area contributed by atoms with E-state index >= 15 is 0 Å². The molecule has 103 heavy (non-hydrogen) atoms. The van der Waals surface area contributed by atoms with Crippen molar-refractivity contribution in [1.29, 1.82) is 0 Å². The van der Waals surface area contributed by atoms with Crippen LogP contribution in [0.25, 0.3) is 144 Å². The third kappa shape index (κ3) is 10.5. The molecule has 20 rings (SSSR count). The first-order valence-corrected chi connectivity index (χ1v) is 35.3. The van der Waals surface area contributed by atoms with Crippen LogP contribution in [0.1, 0.15) is 0 Å². The van der Waals surface area contributed by atoms with Crippen molar-refractivity contribution in [3.05, 3.63) is 376 Å². The van der Waals surface area contributed by atoms with E-state index in [1.54, 1.807) is 0 Å². The molecule has 2 aliphatic rings. The van der Waals surface area contributed by atoms with Gasteiger partial charge in [-0.25, -0.2) is 15.0 Å². The average Bonchev–Trinajstić information content (AvgIpc) is 0.688. The van der Waals surface area contributed by atoms with Crippen LogP contribution in [0, 0.1) is 0 Å². The van der Waals surface area contributed by atoms with Gasteiger partial charge in [0, 0.05) is 50.8 Å². The molecule has 2 aliphatic heterocycles. The van der Waals surface area contributed by atoms with E-state index in [9.17, 15) is 0 Å². The van der Waals surface area contributed by atoms with E-state index in [0.29, 0.717) is 17.5 Å². The number of benzene rings is 17. The molecule has 6 heteroatoms. The first kappa shape index (κ1) is 59.5. The van der Waals surface area contributed by atoms with Crippen molar-refractivity contribution >= 4 is 100 Å². The third-order valence-corrected chi connectivity index (χ3v) is 21.0. The van der Waals surface area contributed by atoms with Gasteiger partial charge in [0.05, 0.1) is 0 Å². The number of nitrogens with zero attached hydrogens (tertiary/aromatic N) is 5. The lowest BCUT2D eigenvalue weighted by Gasteiger charge is -2.44. The van der Waals surface area contributed by atoms with Crippen molar-refractivity contribution in [2.45, 2.75) is 0 Å². The molecule has 0 N–H and O–H groups in total. The zero-order valence-corrected chi connectivity index (χ0v) is 56.1. The predicted octanol–water partition coefficient (Wildman–Crippen LogP) is 23.6. The number of fused-ring (bicyclic) bond motifs is 10. The lowest BCUT2D eigenvalue weighted by Crippen LogP contribution is -2.61. The van der Waals surface area contributed by atoms with Crippen molar-refractivity contribution in [2.24, 2.45) is 0 Å². The van der Waals surface area contributed by atoms with Crippen molar-refractivity contribution in [3.63, 3.8) is 0 Å². The van der Waals surface area contributed by atoms with Crippen LogP contribution in [0.2, 0.25) is 0 Å². The minimum absolute atomic E-state index is 0.241. The molecule has 0 fully saturated rings. The van der Waals surface area contributed by atoms with E-state index in [1.165, 1.54) is 48.7 Å². The van der Waals surface area contributed by atoms with Crippen LogP contribution < -0.4 is 26.2 Å². The summed E-state index contributed by atoms with van der Waals surface area (Å²) >= 11 is 0. The van der Waals surface area contributed by atoms with Gasteiger partial charge in [-0.15, -0.1) is 0 Å². The Morgan fingerprint density at radius 1 is 0.184 bits per heavy atom. The molecule has 0 radical (unpaired) electrons. The Balaban J connectivity index is 0.908. The second kappa shape index (κ2) is 24.7. The molecular weight excluding hydrogens is 1250 g/mol. The molecule has 1 aromatic heterocycles. The minimum atomic E-state index is -0.241. The van der Waals surface area contributed by atoms with E-state index in [4.69, 9.17) is 15.0 Å². The van der Waals surface area contributed by atoms with Gasteiger partial charge >= 0.3 is 0 Å². The van der Waals surface area contributed by atoms with Crippen LogP contribution in [-0.2, 0) is 0 Å². The molecule has 5 nitrogen and oxygen atoms in total. The lowest BCUT2D eigenvalue weighted by atomic mass is 9.33. The van der Waals surface area contributed by atoms with E-state index in [1.807, 2.05) is 0 Å². The maximum atomic E-state index is 5.85. The van der Waals surface area contributed by atoms with E-state index in [2.05, 4.69) is 386 Å². The Kier molecular flexibility index (Phi) is 14.3. The number of rotatable bonds is 11. The molecule has 0 atom stereocenters. The van der Waals surface area contributed by atoms with Crippen LogP contribution in [0.15, 0.2) is 376 Å². The Morgan fingerprint density at radius 3 is 0.796 bits per heavy atom. The summed E-state index contributed by atoms with van der Waals surface area (Å²) in [6.07, 6.45) is 0. The topological polar surface area (TPSA) is 45.2 Å². The van der Waals surface area contributed by atoms with Gasteiger partial charge in [-0.05, 0) is 211 Å². The minimum Gasteiger partial charge on any atom is -0.311 e. The number of hydrogen-bond donors (Lipinski definition) is 0. The summed E-state index contributed by atoms with van der Waals surface area (Å²) in [6.45, 7) is -0.241. The molecule has 17 aromatic carbocycles. The normalized spacial score (nSPS) is 12.2. The molecule has 0 aliphatic carbocycles. The van der Waals surface area contributed by atoms with Gasteiger partial charge < -0.3 is 9.80 Å². The average molecular weight is 1310 g/mol. The summed E-state index contributed by atoms with van der Waals surface area (Å²) in [7, 11) is 0. The van der Waals surface area contributed by atoms with Gasteiger partial charge in [-0.3, -0.25) is 0 Å². The maximum Gasteiger partial charge on any atom is 0.252 e. The van der Waals surface area contributed by atoms with Gasteiger partial charge in [0.2, 0.25) is 0 Å². The molecule has 0 unspecified atom stereocenters. The largest absolute Gasteiger partial charge is 0.311 e. The van der Waals surface area contributed by atoms with Crippen LogP contribution >= 0.6 is 0 Å². The molecule has 3 heterocycles. The summed E-state index contributed by atoms with van der Waals surface area (Å²) in [5.41, 5.74) is 25.8. The first-order chi connectivity index (χ1) is 51.0. The SMILES string of the molecule is c1ccc(-c2ccc(N3c4cc5ccc6ccccc6c5cc4B4c5cc6c(ccc7ccccc76)cc5N(c5ccc(-c6ccccc6)cc5)c5cc(-c6nc(-c7cc(-c8ccccc8)cc(-c8ccccc8)c7)nc(-c7cc(-c8ccccc8)cc(-c8ccccc8)c7)n6)cc3c54)cc2)cc1. The lowest BCUT2D eigenvalue weighted by molar-refractivity contribution is 1.07. The van der Waals surface area contributed by atoms with Crippen LogP contribution in [0.4, 0.5) is 34.1 Å². The predicted molar refractivity (Wildman–Crippen MR) is 433 cm³/mol. The van der Waals surface area contributed by atoms with Crippen molar-refractivity contribution in [3.8, 4) is 101 Å². The fraction of sp³-hybridized carbons (Fsp3) is 0. The third-order valence-electron chi connectivity index (χ3n) is 21.0. The van der Waals surface area contributed by atoms with Gasteiger partial charge in [0.25, 0.3) is 6.71 Å². The summed E-state index contributed by atoms with van der Waals surface area (Å²) in [5, 5.41) is 9.62. The Morgan fingerprint density at radius 2 is 0.456 bits per heavy atom. The molecule has 0 spiro atoms. The fourth-order valence-electron chi connectivity index (χ4n) is 16.0. The zero-order valence-electron chi connectivity index (χ0n) is 56.1. The Bertz CT molecular complexity index is 5840. The van der Waals surface area contributed by atoms with Crippen molar-refractivity contribution < 1.29 is 0 Å². The van der Waals surface area contributed by atoms with Crippen LogP contribution in [0.3, 0.4) is 0 Å². The van der Waals surface area contributed by atoms with E-state index < -0.39 is 0 Å². The second-order valence-corrected chi connectivity index (χ2v) is 27.1.